The van der Waals surface area contributed by atoms with Crippen LogP contribution in [-0.2, 0) is 0 Å². The van der Waals surface area contributed by atoms with Gasteiger partial charge in [0, 0.05) is 12.1 Å². The van der Waals surface area contributed by atoms with Gasteiger partial charge in [0.1, 0.15) is 23.3 Å². The molecular formula is C12H13F2N5S. The normalized spacial score (nSPS) is 10.4. The number of nitrogens with two attached hydrogens (primary N) is 1. The summed E-state index contributed by atoms with van der Waals surface area (Å²) in [7, 11) is 0. The fraction of sp³-hybridized carbons (Fsp3) is 0.167. The average Bonchev–Trinajstić information content (AvgIpc) is 2.44. The summed E-state index contributed by atoms with van der Waals surface area (Å²) in [5, 5.41) is 3.17. The van der Waals surface area contributed by atoms with E-state index < -0.39 is 11.6 Å². The number of nitrogens with zero attached hydrogens (tertiary/aromatic N) is 2. The second-order valence-corrected chi connectivity index (χ2v) is 4.75. The first-order chi connectivity index (χ1) is 9.53. The minimum atomic E-state index is -0.560. The third-order valence-electron chi connectivity index (χ3n) is 2.55. The van der Waals surface area contributed by atoms with Gasteiger partial charge in [0.05, 0.1) is 5.69 Å². The molecule has 20 heavy (non-hydrogen) atoms. The van der Waals surface area contributed by atoms with E-state index >= 15 is 0 Å². The number of benzene rings is 1. The Balaban J connectivity index is 2.36. The number of hydrazine groups is 1. The molecule has 1 aromatic carbocycles. The Bertz CT molecular complexity index is 613. The molecule has 106 valence electrons. The standard InChI is InChI=1S/C12H13F2N5S/c1-6-3-8(14)9(4-7(6)13)16-10-5-11(19-15)18-12(17-10)20-2/h3-5H,15H2,1-2H3,(H2,16,17,18,19). The number of aromatic nitrogens is 2. The predicted molar refractivity (Wildman–Crippen MR) is 76.0 cm³/mol. The van der Waals surface area contributed by atoms with Crippen LogP contribution in [0.1, 0.15) is 5.56 Å². The topological polar surface area (TPSA) is 75.9 Å². The van der Waals surface area contributed by atoms with Crippen LogP contribution in [0.3, 0.4) is 0 Å². The number of thioether (sulfide) groups is 1. The van der Waals surface area contributed by atoms with Gasteiger partial charge in [0.2, 0.25) is 0 Å². The van der Waals surface area contributed by atoms with Gasteiger partial charge in [0.15, 0.2) is 5.16 Å². The highest BCUT2D eigenvalue weighted by Gasteiger charge is 2.10. The van der Waals surface area contributed by atoms with Crippen molar-refractivity contribution in [3.8, 4) is 0 Å². The molecule has 2 rings (SSSR count). The maximum absolute atomic E-state index is 13.8. The third kappa shape index (κ3) is 3.14. The molecular weight excluding hydrogens is 284 g/mol. The van der Waals surface area contributed by atoms with E-state index in [-0.39, 0.29) is 11.3 Å². The lowest BCUT2D eigenvalue weighted by atomic mass is 10.2. The first kappa shape index (κ1) is 14.5. The summed E-state index contributed by atoms with van der Waals surface area (Å²) < 4.78 is 27.2. The molecule has 1 heterocycles. The van der Waals surface area contributed by atoms with Gasteiger partial charge in [0.25, 0.3) is 0 Å². The molecule has 0 saturated carbocycles. The number of rotatable bonds is 4. The molecule has 0 aliphatic heterocycles. The first-order valence-electron chi connectivity index (χ1n) is 5.66. The number of anilines is 3. The number of nitrogen functional groups attached to an aromatic ring is 1. The van der Waals surface area contributed by atoms with E-state index in [0.29, 0.717) is 16.8 Å². The Morgan fingerprint density at radius 1 is 1.10 bits per heavy atom. The molecule has 0 aliphatic carbocycles. The smallest absolute Gasteiger partial charge is 0.191 e. The van der Waals surface area contributed by atoms with E-state index in [4.69, 9.17) is 5.84 Å². The quantitative estimate of drug-likeness (QED) is 0.349. The molecule has 2 aromatic rings. The molecule has 0 amide bonds. The van der Waals surface area contributed by atoms with Crippen molar-refractivity contribution < 1.29 is 8.78 Å². The maximum Gasteiger partial charge on any atom is 0.191 e. The second-order valence-electron chi connectivity index (χ2n) is 3.98. The van der Waals surface area contributed by atoms with Gasteiger partial charge in [-0.3, -0.25) is 0 Å². The van der Waals surface area contributed by atoms with E-state index in [0.717, 1.165) is 12.1 Å². The van der Waals surface area contributed by atoms with Crippen LogP contribution in [0.4, 0.5) is 26.1 Å². The molecule has 1 aromatic heterocycles. The van der Waals surface area contributed by atoms with Gasteiger partial charge in [-0.2, -0.15) is 0 Å². The number of aryl methyl sites for hydroxylation is 1. The van der Waals surface area contributed by atoms with Crippen molar-refractivity contribution in [2.45, 2.75) is 12.1 Å². The van der Waals surface area contributed by atoms with Gasteiger partial charge in [-0.25, -0.2) is 24.6 Å². The van der Waals surface area contributed by atoms with Crippen LogP contribution in [-0.4, -0.2) is 16.2 Å². The monoisotopic (exact) mass is 297 g/mol. The highest BCUT2D eigenvalue weighted by atomic mass is 32.2. The molecule has 0 unspecified atom stereocenters. The summed E-state index contributed by atoms with van der Waals surface area (Å²) in [6.07, 6.45) is 1.80. The van der Waals surface area contributed by atoms with Crippen LogP contribution < -0.4 is 16.6 Å². The van der Waals surface area contributed by atoms with E-state index in [1.807, 2.05) is 0 Å². The molecule has 0 bridgehead atoms. The lowest BCUT2D eigenvalue weighted by Gasteiger charge is -2.10. The highest BCUT2D eigenvalue weighted by molar-refractivity contribution is 7.98. The number of nitrogens with one attached hydrogen (secondary N) is 2. The zero-order chi connectivity index (χ0) is 14.7. The van der Waals surface area contributed by atoms with Crippen LogP contribution >= 0.6 is 11.8 Å². The predicted octanol–water partition coefficient (Wildman–Crippen LogP) is 2.81. The fourth-order valence-electron chi connectivity index (χ4n) is 1.53. The van der Waals surface area contributed by atoms with Gasteiger partial charge < -0.3 is 10.7 Å². The van der Waals surface area contributed by atoms with Crippen LogP contribution in [0.5, 0.6) is 0 Å². The summed E-state index contributed by atoms with van der Waals surface area (Å²) in [5.41, 5.74) is 2.63. The molecule has 0 radical (unpaired) electrons. The second kappa shape index (κ2) is 6.02. The summed E-state index contributed by atoms with van der Waals surface area (Å²) >= 11 is 1.31. The number of halogens is 2. The van der Waals surface area contributed by atoms with Crippen molar-refractivity contribution in [3.05, 3.63) is 35.4 Å². The average molecular weight is 297 g/mol. The zero-order valence-corrected chi connectivity index (χ0v) is 11.7. The van der Waals surface area contributed by atoms with Crippen molar-refractivity contribution in [3.63, 3.8) is 0 Å². The van der Waals surface area contributed by atoms with Crippen molar-refractivity contribution in [2.24, 2.45) is 5.84 Å². The SMILES string of the molecule is CSc1nc(NN)cc(Nc2cc(F)c(C)cc2F)n1. The van der Waals surface area contributed by atoms with Crippen molar-refractivity contribution in [1.82, 2.24) is 9.97 Å². The molecule has 8 heteroatoms. The summed E-state index contributed by atoms with van der Waals surface area (Å²) in [6, 6.07) is 3.70. The van der Waals surface area contributed by atoms with Crippen LogP contribution in [0.25, 0.3) is 0 Å². The molecule has 4 N–H and O–H groups in total. The highest BCUT2D eigenvalue weighted by Crippen LogP contribution is 2.24. The fourth-order valence-corrected chi connectivity index (χ4v) is 1.91. The number of hydrogen-bond donors (Lipinski definition) is 3. The van der Waals surface area contributed by atoms with Crippen molar-refractivity contribution in [2.75, 3.05) is 17.0 Å². The third-order valence-corrected chi connectivity index (χ3v) is 3.09. The minimum Gasteiger partial charge on any atom is -0.338 e. The minimum absolute atomic E-state index is 0.00169. The van der Waals surface area contributed by atoms with Crippen LogP contribution in [0, 0.1) is 18.6 Å². The van der Waals surface area contributed by atoms with E-state index in [2.05, 4.69) is 20.7 Å². The first-order valence-corrected chi connectivity index (χ1v) is 6.88. The molecule has 0 fully saturated rings. The Hall–Kier alpha value is -1.93. The molecule has 0 atom stereocenters. The molecule has 5 nitrogen and oxygen atoms in total. The van der Waals surface area contributed by atoms with Gasteiger partial charge >= 0.3 is 0 Å². The summed E-state index contributed by atoms with van der Waals surface area (Å²) in [5.74, 6) is 4.94. The molecule has 0 spiro atoms. The van der Waals surface area contributed by atoms with E-state index in [9.17, 15) is 8.78 Å². The maximum atomic E-state index is 13.8. The lowest BCUT2D eigenvalue weighted by molar-refractivity contribution is 0.595. The van der Waals surface area contributed by atoms with E-state index in [1.165, 1.54) is 24.8 Å². The van der Waals surface area contributed by atoms with Gasteiger partial charge in [-0.15, -0.1) is 0 Å². The Morgan fingerprint density at radius 2 is 1.80 bits per heavy atom. The summed E-state index contributed by atoms with van der Waals surface area (Å²) in [4.78, 5) is 8.22. The zero-order valence-electron chi connectivity index (χ0n) is 10.9. The Kier molecular flexibility index (Phi) is 4.35. The number of hydrogen-bond acceptors (Lipinski definition) is 6. The largest absolute Gasteiger partial charge is 0.338 e. The Labute approximate surface area is 119 Å². The van der Waals surface area contributed by atoms with E-state index in [1.54, 1.807) is 6.26 Å². The van der Waals surface area contributed by atoms with Gasteiger partial charge in [-0.05, 0) is 24.8 Å². The molecule has 0 aliphatic rings. The van der Waals surface area contributed by atoms with Crippen molar-refractivity contribution in [1.29, 1.82) is 0 Å². The van der Waals surface area contributed by atoms with Crippen LogP contribution in [0.15, 0.2) is 23.4 Å². The molecule has 0 saturated heterocycles. The summed E-state index contributed by atoms with van der Waals surface area (Å²) in [6.45, 7) is 1.50. The Morgan fingerprint density at radius 3 is 2.45 bits per heavy atom. The van der Waals surface area contributed by atoms with Crippen molar-refractivity contribution >= 4 is 29.1 Å². The van der Waals surface area contributed by atoms with Crippen LogP contribution in [0.2, 0.25) is 0 Å². The lowest BCUT2D eigenvalue weighted by Crippen LogP contribution is -2.10. The van der Waals surface area contributed by atoms with Gasteiger partial charge in [-0.1, -0.05) is 11.8 Å².